The molecule has 2 rings (SSSR count). The van der Waals surface area contributed by atoms with Gasteiger partial charge in [-0.2, -0.15) is 0 Å². The molecule has 0 saturated carbocycles. The molecule has 0 radical (unpaired) electrons. The van der Waals surface area contributed by atoms with Crippen molar-refractivity contribution in [1.82, 2.24) is 10.2 Å². The van der Waals surface area contributed by atoms with Crippen molar-refractivity contribution in [2.24, 2.45) is 5.92 Å². The Morgan fingerprint density at radius 2 is 1.94 bits per heavy atom. The molecule has 1 aliphatic heterocycles. The zero-order chi connectivity index (χ0) is 12.8. The first-order chi connectivity index (χ1) is 8.78. The van der Waals surface area contributed by atoms with E-state index in [1.165, 1.54) is 43.6 Å². The van der Waals surface area contributed by atoms with E-state index in [9.17, 15) is 0 Å². The van der Waals surface area contributed by atoms with E-state index in [4.69, 9.17) is 0 Å². The molecule has 18 heavy (non-hydrogen) atoms. The van der Waals surface area contributed by atoms with Gasteiger partial charge in [0, 0.05) is 6.54 Å². The fourth-order valence-corrected chi connectivity index (χ4v) is 2.63. The van der Waals surface area contributed by atoms with Gasteiger partial charge in [0.2, 0.25) is 0 Å². The molecule has 0 spiro atoms. The highest BCUT2D eigenvalue weighted by Gasteiger charge is 2.14. The normalized spacial score (nSPS) is 19.6. The first-order valence-corrected chi connectivity index (χ1v) is 7.25. The zero-order valence-electron chi connectivity index (χ0n) is 11.8. The highest BCUT2D eigenvalue weighted by molar-refractivity contribution is 5.22. The van der Waals surface area contributed by atoms with Gasteiger partial charge in [-0.3, -0.25) is 0 Å². The Bertz CT molecular complexity index is 339. The number of nitrogens with one attached hydrogen (secondary N) is 1. The van der Waals surface area contributed by atoms with Crippen molar-refractivity contribution in [3.05, 3.63) is 35.4 Å². The van der Waals surface area contributed by atoms with Crippen LogP contribution in [0.5, 0.6) is 0 Å². The van der Waals surface area contributed by atoms with E-state index in [0.29, 0.717) is 0 Å². The molecule has 0 amide bonds. The molecule has 1 unspecified atom stereocenters. The minimum atomic E-state index is 0.898. The van der Waals surface area contributed by atoms with Gasteiger partial charge in [0.1, 0.15) is 0 Å². The van der Waals surface area contributed by atoms with Crippen LogP contribution in [0.3, 0.4) is 0 Å². The molecule has 1 aliphatic rings. The fraction of sp³-hybridized carbons (Fsp3) is 0.625. The van der Waals surface area contributed by atoms with Crippen molar-refractivity contribution in [1.29, 1.82) is 0 Å². The maximum Gasteiger partial charge on any atom is 0.0230 e. The van der Waals surface area contributed by atoms with Crippen LogP contribution in [0.25, 0.3) is 0 Å². The van der Waals surface area contributed by atoms with Crippen molar-refractivity contribution in [2.45, 2.75) is 32.7 Å². The van der Waals surface area contributed by atoms with E-state index in [0.717, 1.165) is 18.9 Å². The Balaban J connectivity index is 1.73. The van der Waals surface area contributed by atoms with Gasteiger partial charge in [-0.1, -0.05) is 31.2 Å². The molecule has 2 heteroatoms. The van der Waals surface area contributed by atoms with Gasteiger partial charge in [-0.25, -0.2) is 0 Å². The van der Waals surface area contributed by atoms with Crippen LogP contribution in [0.1, 0.15) is 30.9 Å². The number of aryl methyl sites for hydroxylation is 1. The lowest BCUT2D eigenvalue weighted by molar-refractivity contribution is 0.298. The minimum Gasteiger partial charge on any atom is -0.316 e. The number of hydrogen-bond acceptors (Lipinski definition) is 2. The van der Waals surface area contributed by atoms with Crippen molar-refractivity contribution < 1.29 is 0 Å². The summed E-state index contributed by atoms with van der Waals surface area (Å²) in [5, 5.41) is 3.44. The van der Waals surface area contributed by atoms with Gasteiger partial charge in [0.05, 0.1) is 0 Å². The van der Waals surface area contributed by atoms with E-state index in [-0.39, 0.29) is 0 Å². The summed E-state index contributed by atoms with van der Waals surface area (Å²) in [7, 11) is 2.23. The Hall–Kier alpha value is -0.860. The lowest BCUT2D eigenvalue weighted by Gasteiger charge is -2.18. The van der Waals surface area contributed by atoms with Crippen LogP contribution >= 0.6 is 0 Å². The third kappa shape index (κ3) is 4.11. The molecule has 1 fully saturated rings. The van der Waals surface area contributed by atoms with E-state index in [1.807, 2.05) is 0 Å². The molecule has 1 saturated heterocycles. The quantitative estimate of drug-likeness (QED) is 0.830. The first kappa shape index (κ1) is 13.6. The summed E-state index contributed by atoms with van der Waals surface area (Å²) in [4.78, 5) is 2.44. The van der Waals surface area contributed by atoms with Gasteiger partial charge in [0.25, 0.3) is 0 Å². The molecular weight excluding hydrogens is 220 g/mol. The maximum absolute atomic E-state index is 3.44. The van der Waals surface area contributed by atoms with Crippen molar-refractivity contribution in [3.63, 3.8) is 0 Å². The third-order valence-corrected chi connectivity index (χ3v) is 3.97. The largest absolute Gasteiger partial charge is 0.316 e. The van der Waals surface area contributed by atoms with Crippen LogP contribution in [0, 0.1) is 5.92 Å². The number of hydrogen-bond donors (Lipinski definition) is 1. The molecule has 1 aromatic carbocycles. The van der Waals surface area contributed by atoms with E-state index >= 15 is 0 Å². The number of nitrogens with zero attached hydrogens (tertiary/aromatic N) is 1. The highest BCUT2D eigenvalue weighted by Crippen LogP contribution is 2.13. The molecule has 0 aliphatic carbocycles. The van der Waals surface area contributed by atoms with Gasteiger partial charge in [-0.05, 0) is 63.0 Å². The van der Waals surface area contributed by atoms with E-state index in [2.05, 4.69) is 48.5 Å². The van der Waals surface area contributed by atoms with Gasteiger partial charge >= 0.3 is 0 Å². The Labute approximate surface area is 111 Å². The number of rotatable bonds is 6. The summed E-state index contributed by atoms with van der Waals surface area (Å²) in [5.41, 5.74) is 2.86. The second-order valence-corrected chi connectivity index (χ2v) is 5.56. The summed E-state index contributed by atoms with van der Waals surface area (Å²) < 4.78 is 0. The SMILES string of the molecule is CCc1ccc(CN(C)CCC2CCNC2)cc1. The van der Waals surface area contributed by atoms with Crippen LogP contribution in [0.4, 0.5) is 0 Å². The second-order valence-electron chi connectivity index (χ2n) is 5.56. The lowest BCUT2D eigenvalue weighted by atomic mass is 10.0. The molecule has 1 N–H and O–H groups in total. The molecular formula is C16H26N2. The molecule has 0 aromatic heterocycles. The summed E-state index contributed by atoms with van der Waals surface area (Å²) in [6.45, 7) is 6.93. The van der Waals surface area contributed by atoms with Gasteiger partial charge in [0.15, 0.2) is 0 Å². The highest BCUT2D eigenvalue weighted by atomic mass is 15.1. The van der Waals surface area contributed by atoms with Crippen LogP contribution in [0.15, 0.2) is 24.3 Å². The third-order valence-electron chi connectivity index (χ3n) is 3.97. The zero-order valence-corrected chi connectivity index (χ0v) is 11.8. The lowest BCUT2D eigenvalue weighted by Crippen LogP contribution is -2.22. The number of benzene rings is 1. The van der Waals surface area contributed by atoms with Crippen LogP contribution in [-0.2, 0) is 13.0 Å². The van der Waals surface area contributed by atoms with Gasteiger partial charge in [-0.15, -0.1) is 0 Å². The molecule has 100 valence electrons. The summed E-state index contributed by atoms with van der Waals surface area (Å²) >= 11 is 0. The molecule has 1 atom stereocenters. The fourth-order valence-electron chi connectivity index (χ4n) is 2.63. The van der Waals surface area contributed by atoms with Gasteiger partial charge < -0.3 is 10.2 Å². The van der Waals surface area contributed by atoms with Crippen LogP contribution < -0.4 is 5.32 Å². The predicted octanol–water partition coefficient (Wildman–Crippen LogP) is 2.68. The van der Waals surface area contributed by atoms with Crippen molar-refractivity contribution in [2.75, 3.05) is 26.7 Å². The van der Waals surface area contributed by atoms with Crippen molar-refractivity contribution in [3.8, 4) is 0 Å². The molecule has 1 heterocycles. The average Bonchev–Trinajstić information content (AvgIpc) is 2.90. The second kappa shape index (κ2) is 6.91. The summed E-state index contributed by atoms with van der Waals surface area (Å²) in [6.07, 6.45) is 3.82. The Kier molecular flexibility index (Phi) is 5.21. The summed E-state index contributed by atoms with van der Waals surface area (Å²) in [6, 6.07) is 9.05. The topological polar surface area (TPSA) is 15.3 Å². The molecule has 1 aromatic rings. The predicted molar refractivity (Wildman–Crippen MR) is 77.7 cm³/mol. The Morgan fingerprint density at radius 1 is 1.22 bits per heavy atom. The summed E-state index contributed by atoms with van der Waals surface area (Å²) in [5.74, 6) is 0.898. The van der Waals surface area contributed by atoms with E-state index < -0.39 is 0 Å². The average molecular weight is 246 g/mol. The minimum absolute atomic E-state index is 0.898. The molecule has 0 bridgehead atoms. The smallest absolute Gasteiger partial charge is 0.0230 e. The molecule has 2 nitrogen and oxygen atoms in total. The Morgan fingerprint density at radius 3 is 2.56 bits per heavy atom. The maximum atomic E-state index is 3.44. The van der Waals surface area contributed by atoms with E-state index in [1.54, 1.807) is 0 Å². The standard InChI is InChI=1S/C16H26N2/c1-3-14-4-6-16(7-5-14)13-18(2)11-9-15-8-10-17-12-15/h4-7,15,17H,3,8-13H2,1-2H3. The van der Waals surface area contributed by atoms with Crippen LogP contribution in [-0.4, -0.2) is 31.6 Å². The van der Waals surface area contributed by atoms with Crippen molar-refractivity contribution >= 4 is 0 Å². The van der Waals surface area contributed by atoms with Crippen LogP contribution in [0.2, 0.25) is 0 Å². The first-order valence-electron chi connectivity index (χ1n) is 7.25. The monoisotopic (exact) mass is 246 g/mol.